The molecule has 1 heterocycles. The van der Waals surface area contributed by atoms with E-state index in [0.29, 0.717) is 6.79 Å². The highest BCUT2D eigenvalue weighted by Crippen LogP contribution is 2.17. The predicted octanol–water partition coefficient (Wildman–Crippen LogP) is 2.48. The first-order valence-corrected chi connectivity index (χ1v) is 5.76. The van der Waals surface area contributed by atoms with E-state index in [1.54, 1.807) is 0 Å². The van der Waals surface area contributed by atoms with E-state index in [4.69, 9.17) is 9.47 Å². The summed E-state index contributed by atoms with van der Waals surface area (Å²) in [6.45, 7) is 6.31. The van der Waals surface area contributed by atoms with Gasteiger partial charge in [0, 0.05) is 12.2 Å². The molecule has 1 fully saturated rings. The Hall–Kier alpha value is -1.06. The zero-order valence-electron chi connectivity index (χ0n) is 9.95. The summed E-state index contributed by atoms with van der Waals surface area (Å²) < 4.78 is 10.6. The van der Waals surface area contributed by atoms with Crippen molar-refractivity contribution in [3.63, 3.8) is 0 Å². The van der Waals surface area contributed by atoms with Gasteiger partial charge in [0.15, 0.2) is 0 Å². The average Bonchev–Trinajstić information content (AvgIpc) is 2.32. The third-order valence-electron chi connectivity index (χ3n) is 2.88. The lowest BCUT2D eigenvalue weighted by Crippen LogP contribution is -2.30. The number of hydrogen-bond donors (Lipinski definition) is 1. The summed E-state index contributed by atoms with van der Waals surface area (Å²) in [7, 11) is 0. The molecule has 1 aliphatic rings. The van der Waals surface area contributed by atoms with Crippen molar-refractivity contribution in [2.24, 2.45) is 0 Å². The van der Waals surface area contributed by atoms with Gasteiger partial charge in [-0.15, -0.1) is 0 Å². The molecule has 0 bridgehead atoms. The molecule has 0 amide bonds. The fraction of sp³-hybridized carbons (Fsp3) is 0.538. The lowest BCUT2D eigenvalue weighted by molar-refractivity contribution is -0.133. The number of rotatable bonds is 3. The minimum Gasteiger partial charge on any atom is -0.382 e. The molecule has 1 saturated heterocycles. The van der Waals surface area contributed by atoms with Gasteiger partial charge in [-0.2, -0.15) is 0 Å². The van der Waals surface area contributed by atoms with E-state index in [1.807, 2.05) is 0 Å². The van der Waals surface area contributed by atoms with Crippen molar-refractivity contribution in [3.05, 3.63) is 29.3 Å². The second-order valence-electron chi connectivity index (χ2n) is 4.30. The molecule has 3 nitrogen and oxygen atoms in total. The number of aryl methyl sites for hydroxylation is 2. The van der Waals surface area contributed by atoms with Crippen molar-refractivity contribution in [1.82, 2.24) is 0 Å². The molecule has 0 saturated carbocycles. The normalized spacial score (nSPS) is 20.8. The van der Waals surface area contributed by atoms with Crippen LogP contribution in [0.25, 0.3) is 0 Å². The van der Waals surface area contributed by atoms with Crippen LogP contribution < -0.4 is 5.32 Å². The number of ether oxygens (including phenoxy) is 2. The van der Waals surface area contributed by atoms with Gasteiger partial charge in [-0.05, 0) is 37.5 Å². The molecule has 16 heavy (non-hydrogen) atoms. The van der Waals surface area contributed by atoms with Crippen molar-refractivity contribution < 1.29 is 9.47 Å². The Kier molecular flexibility index (Phi) is 3.80. The van der Waals surface area contributed by atoms with Gasteiger partial charge < -0.3 is 14.8 Å². The molecule has 1 unspecified atom stereocenters. The molecule has 0 radical (unpaired) electrons. The largest absolute Gasteiger partial charge is 0.382 e. The first kappa shape index (κ1) is 11.4. The molecular formula is C13H19NO2. The lowest BCUT2D eigenvalue weighted by Gasteiger charge is -2.23. The smallest absolute Gasteiger partial charge is 0.147 e. The van der Waals surface area contributed by atoms with E-state index in [0.717, 1.165) is 19.6 Å². The third kappa shape index (κ3) is 2.97. The Balaban J connectivity index is 1.90. The van der Waals surface area contributed by atoms with Crippen LogP contribution in [0.4, 0.5) is 5.69 Å². The summed E-state index contributed by atoms with van der Waals surface area (Å²) in [5.74, 6) is 0. The Labute approximate surface area is 96.8 Å². The Morgan fingerprint density at radius 3 is 3.00 bits per heavy atom. The summed E-state index contributed by atoms with van der Waals surface area (Å²) in [6.07, 6.45) is 1.24. The molecule has 1 aromatic carbocycles. The number of hydrogen-bond acceptors (Lipinski definition) is 3. The van der Waals surface area contributed by atoms with Crippen LogP contribution in [0, 0.1) is 13.8 Å². The first-order chi connectivity index (χ1) is 7.75. The zero-order chi connectivity index (χ0) is 11.4. The SMILES string of the molecule is Cc1ccc(C)c(NCC2CCOCO2)c1. The van der Waals surface area contributed by atoms with E-state index >= 15 is 0 Å². The molecule has 0 aliphatic carbocycles. The van der Waals surface area contributed by atoms with Gasteiger partial charge in [-0.1, -0.05) is 12.1 Å². The second-order valence-corrected chi connectivity index (χ2v) is 4.30. The quantitative estimate of drug-likeness (QED) is 0.850. The molecular weight excluding hydrogens is 202 g/mol. The molecule has 1 aliphatic heterocycles. The predicted molar refractivity (Wildman–Crippen MR) is 64.7 cm³/mol. The maximum absolute atomic E-state index is 5.49. The minimum atomic E-state index is 0.272. The van der Waals surface area contributed by atoms with Gasteiger partial charge in [0.25, 0.3) is 0 Å². The molecule has 3 heteroatoms. The van der Waals surface area contributed by atoms with Crippen LogP contribution in [0.2, 0.25) is 0 Å². The molecule has 0 aromatic heterocycles. The summed E-state index contributed by atoms with van der Waals surface area (Å²) in [5, 5.41) is 3.44. The highest BCUT2D eigenvalue weighted by Gasteiger charge is 2.13. The van der Waals surface area contributed by atoms with Gasteiger partial charge in [-0.3, -0.25) is 0 Å². The lowest BCUT2D eigenvalue weighted by atomic mass is 10.1. The topological polar surface area (TPSA) is 30.5 Å². The van der Waals surface area contributed by atoms with Gasteiger partial charge in [0.2, 0.25) is 0 Å². The minimum absolute atomic E-state index is 0.272. The molecule has 1 N–H and O–H groups in total. The van der Waals surface area contributed by atoms with Crippen molar-refractivity contribution in [1.29, 1.82) is 0 Å². The third-order valence-corrected chi connectivity index (χ3v) is 2.88. The molecule has 1 aromatic rings. The summed E-state index contributed by atoms with van der Waals surface area (Å²) in [4.78, 5) is 0. The van der Waals surface area contributed by atoms with Crippen molar-refractivity contribution in [2.45, 2.75) is 26.4 Å². The Morgan fingerprint density at radius 2 is 2.25 bits per heavy atom. The van der Waals surface area contributed by atoms with Gasteiger partial charge >= 0.3 is 0 Å². The Bertz CT molecular complexity index is 346. The highest BCUT2D eigenvalue weighted by molar-refractivity contribution is 5.52. The maximum Gasteiger partial charge on any atom is 0.147 e. The van der Waals surface area contributed by atoms with Crippen LogP contribution in [0.1, 0.15) is 17.5 Å². The molecule has 1 atom stereocenters. The van der Waals surface area contributed by atoms with Crippen LogP contribution in [-0.2, 0) is 9.47 Å². The highest BCUT2D eigenvalue weighted by atomic mass is 16.7. The van der Waals surface area contributed by atoms with Crippen molar-refractivity contribution >= 4 is 5.69 Å². The van der Waals surface area contributed by atoms with Crippen LogP contribution in [0.3, 0.4) is 0 Å². The molecule has 88 valence electrons. The van der Waals surface area contributed by atoms with Gasteiger partial charge in [-0.25, -0.2) is 0 Å². The second kappa shape index (κ2) is 5.32. The van der Waals surface area contributed by atoms with Crippen molar-refractivity contribution in [2.75, 3.05) is 25.3 Å². The molecule has 0 spiro atoms. The summed E-state index contributed by atoms with van der Waals surface area (Å²) in [6, 6.07) is 6.45. The van der Waals surface area contributed by atoms with Gasteiger partial charge in [0.1, 0.15) is 6.79 Å². The van der Waals surface area contributed by atoms with Crippen LogP contribution in [-0.4, -0.2) is 26.0 Å². The first-order valence-electron chi connectivity index (χ1n) is 5.76. The summed E-state index contributed by atoms with van der Waals surface area (Å²) >= 11 is 0. The fourth-order valence-corrected chi connectivity index (χ4v) is 1.81. The standard InChI is InChI=1S/C13H19NO2/c1-10-3-4-11(2)13(7-10)14-8-12-5-6-15-9-16-12/h3-4,7,12,14H,5-6,8-9H2,1-2H3. The van der Waals surface area contributed by atoms with E-state index in [1.165, 1.54) is 16.8 Å². The van der Waals surface area contributed by atoms with Crippen molar-refractivity contribution in [3.8, 4) is 0 Å². The van der Waals surface area contributed by atoms with Gasteiger partial charge in [0.05, 0.1) is 12.7 Å². The van der Waals surface area contributed by atoms with E-state index in [-0.39, 0.29) is 6.10 Å². The number of nitrogens with one attached hydrogen (secondary N) is 1. The van der Waals surface area contributed by atoms with Crippen LogP contribution in [0.15, 0.2) is 18.2 Å². The Morgan fingerprint density at radius 1 is 1.38 bits per heavy atom. The van der Waals surface area contributed by atoms with E-state index in [9.17, 15) is 0 Å². The van der Waals surface area contributed by atoms with E-state index < -0.39 is 0 Å². The number of anilines is 1. The maximum atomic E-state index is 5.49. The summed E-state index contributed by atoms with van der Waals surface area (Å²) in [5.41, 5.74) is 3.76. The average molecular weight is 221 g/mol. The number of benzene rings is 1. The van der Waals surface area contributed by atoms with Crippen LogP contribution >= 0.6 is 0 Å². The van der Waals surface area contributed by atoms with Crippen LogP contribution in [0.5, 0.6) is 0 Å². The monoisotopic (exact) mass is 221 g/mol. The van der Waals surface area contributed by atoms with E-state index in [2.05, 4.69) is 37.4 Å². The fourth-order valence-electron chi connectivity index (χ4n) is 1.81. The molecule has 2 rings (SSSR count). The zero-order valence-corrected chi connectivity index (χ0v) is 9.95.